The summed E-state index contributed by atoms with van der Waals surface area (Å²) in [7, 11) is 0. The van der Waals surface area contributed by atoms with Crippen LogP contribution in [0, 0.1) is 0 Å². The fourth-order valence-corrected chi connectivity index (χ4v) is 1.75. The quantitative estimate of drug-likeness (QED) is 0.750. The maximum absolute atomic E-state index is 8.79. The second kappa shape index (κ2) is 5.32. The molecular formula is C9H16N2OS. The summed E-state index contributed by atoms with van der Waals surface area (Å²) < 4.78 is 0. The van der Waals surface area contributed by atoms with E-state index in [9.17, 15) is 0 Å². The molecule has 3 nitrogen and oxygen atoms in total. The van der Waals surface area contributed by atoms with E-state index in [2.05, 4.69) is 17.2 Å². The normalized spacial score (nSPS) is 13.2. The summed E-state index contributed by atoms with van der Waals surface area (Å²) in [5.41, 5.74) is 0. The van der Waals surface area contributed by atoms with Gasteiger partial charge in [0, 0.05) is 23.7 Å². The van der Waals surface area contributed by atoms with Crippen LogP contribution in [0.3, 0.4) is 0 Å². The lowest BCUT2D eigenvalue weighted by Gasteiger charge is -2.08. The third-order valence-corrected chi connectivity index (χ3v) is 2.94. The van der Waals surface area contributed by atoms with E-state index in [-0.39, 0.29) is 12.6 Å². The molecule has 2 N–H and O–H groups in total. The van der Waals surface area contributed by atoms with Gasteiger partial charge in [-0.2, -0.15) is 0 Å². The first-order chi connectivity index (χ1) is 6.26. The van der Waals surface area contributed by atoms with Gasteiger partial charge in [-0.25, -0.2) is 4.98 Å². The fourth-order valence-electron chi connectivity index (χ4n) is 0.933. The minimum atomic E-state index is 0.159. The average molecular weight is 200 g/mol. The van der Waals surface area contributed by atoms with Gasteiger partial charge < -0.3 is 10.4 Å². The molecule has 1 rings (SSSR count). The van der Waals surface area contributed by atoms with E-state index in [1.54, 1.807) is 11.3 Å². The molecule has 1 heterocycles. The lowest BCUT2D eigenvalue weighted by Crippen LogP contribution is -2.28. The number of nitrogens with zero attached hydrogens (tertiary/aromatic N) is 1. The molecule has 0 radical (unpaired) electrons. The van der Waals surface area contributed by atoms with Crippen molar-refractivity contribution in [2.75, 3.05) is 6.61 Å². The van der Waals surface area contributed by atoms with Crippen molar-refractivity contribution in [1.82, 2.24) is 10.3 Å². The van der Waals surface area contributed by atoms with E-state index in [4.69, 9.17) is 5.11 Å². The Kier molecular flexibility index (Phi) is 4.35. The lowest BCUT2D eigenvalue weighted by molar-refractivity contribution is 0.251. The van der Waals surface area contributed by atoms with E-state index < -0.39 is 0 Å². The number of rotatable bonds is 5. The van der Waals surface area contributed by atoms with Gasteiger partial charge in [0.15, 0.2) is 0 Å². The molecule has 74 valence electrons. The Morgan fingerprint density at radius 1 is 1.69 bits per heavy atom. The van der Waals surface area contributed by atoms with Crippen molar-refractivity contribution < 1.29 is 5.11 Å². The van der Waals surface area contributed by atoms with E-state index in [1.807, 2.05) is 13.1 Å². The SMILES string of the molecule is CCc1ncc(CN[C@H](C)CO)s1. The molecule has 4 heteroatoms. The maximum Gasteiger partial charge on any atom is 0.0925 e. The van der Waals surface area contributed by atoms with Crippen LogP contribution in [0.25, 0.3) is 0 Å². The molecule has 0 aromatic carbocycles. The zero-order chi connectivity index (χ0) is 9.68. The predicted octanol–water partition coefficient (Wildman–Crippen LogP) is 1.18. The average Bonchev–Trinajstić information content (AvgIpc) is 2.61. The molecule has 0 saturated carbocycles. The minimum Gasteiger partial charge on any atom is -0.395 e. The highest BCUT2D eigenvalue weighted by molar-refractivity contribution is 7.11. The van der Waals surface area contributed by atoms with Crippen LogP contribution in [0.1, 0.15) is 23.7 Å². The zero-order valence-corrected chi connectivity index (χ0v) is 8.90. The number of aliphatic hydroxyl groups is 1. The molecule has 1 aromatic heterocycles. The highest BCUT2D eigenvalue weighted by atomic mass is 32.1. The Balaban J connectivity index is 2.36. The standard InChI is InChI=1S/C9H16N2OS/c1-3-9-11-5-8(13-9)4-10-7(2)6-12/h5,7,10,12H,3-4,6H2,1-2H3/t7-/m1/s1. The Hall–Kier alpha value is -0.450. The first-order valence-corrected chi connectivity index (χ1v) is 5.35. The van der Waals surface area contributed by atoms with Gasteiger partial charge in [0.05, 0.1) is 11.6 Å². The van der Waals surface area contributed by atoms with Crippen LogP contribution >= 0.6 is 11.3 Å². The number of aliphatic hydroxyl groups excluding tert-OH is 1. The summed E-state index contributed by atoms with van der Waals surface area (Å²) in [6.07, 6.45) is 2.90. The third-order valence-electron chi connectivity index (χ3n) is 1.80. The molecule has 0 amide bonds. The van der Waals surface area contributed by atoms with Crippen molar-refractivity contribution in [3.05, 3.63) is 16.1 Å². The van der Waals surface area contributed by atoms with Crippen molar-refractivity contribution in [2.45, 2.75) is 32.9 Å². The van der Waals surface area contributed by atoms with Crippen LogP contribution in [-0.2, 0) is 13.0 Å². The first kappa shape index (κ1) is 10.6. The molecule has 0 bridgehead atoms. The fraction of sp³-hybridized carbons (Fsp3) is 0.667. The number of aryl methyl sites for hydroxylation is 1. The molecule has 0 aliphatic heterocycles. The molecule has 0 aliphatic carbocycles. The van der Waals surface area contributed by atoms with Crippen LogP contribution in [0.5, 0.6) is 0 Å². The van der Waals surface area contributed by atoms with Crippen molar-refractivity contribution in [3.8, 4) is 0 Å². The molecule has 1 atom stereocenters. The second-order valence-corrected chi connectivity index (χ2v) is 4.24. The van der Waals surface area contributed by atoms with Gasteiger partial charge >= 0.3 is 0 Å². The van der Waals surface area contributed by atoms with E-state index >= 15 is 0 Å². The van der Waals surface area contributed by atoms with Gasteiger partial charge in [0.25, 0.3) is 0 Å². The smallest absolute Gasteiger partial charge is 0.0925 e. The Bertz CT molecular complexity index is 250. The molecule has 0 fully saturated rings. The topological polar surface area (TPSA) is 45.2 Å². The number of thiazole rings is 1. The molecule has 0 spiro atoms. The summed E-state index contributed by atoms with van der Waals surface area (Å²) in [4.78, 5) is 5.49. The molecule has 13 heavy (non-hydrogen) atoms. The first-order valence-electron chi connectivity index (χ1n) is 4.54. The number of hydrogen-bond donors (Lipinski definition) is 2. The molecule has 1 aromatic rings. The zero-order valence-electron chi connectivity index (χ0n) is 8.08. The van der Waals surface area contributed by atoms with Gasteiger partial charge in [0.1, 0.15) is 0 Å². The summed E-state index contributed by atoms with van der Waals surface area (Å²) in [5.74, 6) is 0. The van der Waals surface area contributed by atoms with E-state index in [0.29, 0.717) is 0 Å². The van der Waals surface area contributed by atoms with Crippen molar-refractivity contribution in [1.29, 1.82) is 0 Å². The summed E-state index contributed by atoms with van der Waals surface area (Å²) in [6.45, 7) is 5.05. The van der Waals surface area contributed by atoms with E-state index in [1.165, 1.54) is 9.88 Å². The Morgan fingerprint density at radius 2 is 2.46 bits per heavy atom. The number of aromatic nitrogens is 1. The van der Waals surface area contributed by atoms with Crippen LogP contribution in [0.2, 0.25) is 0 Å². The minimum absolute atomic E-state index is 0.159. The van der Waals surface area contributed by atoms with Crippen LogP contribution in [-0.4, -0.2) is 22.7 Å². The van der Waals surface area contributed by atoms with Gasteiger partial charge in [-0.3, -0.25) is 0 Å². The summed E-state index contributed by atoms with van der Waals surface area (Å²) in [5, 5.41) is 13.2. The third kappa shape index (κ3) is 3.42. The van der Waals surface area contributed by atoms with Crippen molar-refractivity contribution >= 4 is 11.3 Å². The van der Waals surface area contributed by atoms with E-state index in [0.717, 1.165) is 13.0 Å². The molecular weight excluding hydrogens is 184 g/mol. The Labute approximate surface area is 82.8 Å². The summed E-state index contributed by atoms with van der Waals surface area (Å²) in [6, 6.07) is 0.159. The Morgan fingerprint density at radius 3 is 3.00 bits per heavy atom. The second-order valence-electron chi connectivity index (χ2n) is 3.04. The van der Waals surface area contributed by atoms with Gasteiger partial charge in [-0.1, -0.05) is 6.92 Å². The number of hydrogen-bond acceptors (Lipinski definition) is 4. The largest absolute Gasteiger partial charge is 0.395 e. The van der Waals surface area contributed by atoms with Crippen LogP contribution < -0.4 is 5.32 Å². The maximum atomic E-state index is 8.79. The van der Waals surface area contributed by atoms with Crippen molar-refractivity contribution in [3.63, 3.8) is 0 Å². The van der Waals surface area contributed by atoms with Crippen LogP contribution in [0.4, 0.5) is 0 Å². The van der Waals surface area contributed by atoms with Crippen LogP contribution in [0.15, 0.2) is 6.20 Å². The summed E-state index contributed by atoms with van der Waals surface area (Å²) >= 11 is 1.73. The highest BCUT2D eigenvalue weighted by Crippen LogP contribution is 2.12. The van der Waals surface area contributed by atoms with Gasteiger partial charge in [-0.15, -0.1) is 11.3 Å². The highest BCUT2D eigenvalue weighted by Gasteiger charge is 2.02. The number of nitrogens with one attached hydrogen (secondary N) is 1. The molecule has 0 saturated heterocycles. The van der Waals surface area contributed by atoms with Crippen molar-refractivity contribution in [2.24, 2.45) is 0 Å². The lowest BCUT2D eigenvalue weighted by atomic mass is 10.3. The molecule has 0 aliphatic rings. The van der Waals surface area contributed by atoms with Gasteiger partial charge in [-0.05, 0) is 13.3 Å². The van der Waals surface area contributed by atoms with Gasteiger partial charge in [0.2, 0.25) is 0 Å². The molecule has 0 unspecified atom stereocenters. The predicted molar refractivity (Wildman–Crippen MR) is 54.9 cm³/mol. The monoisotopic (exact) mass is 200 g/mol.